The van der Waals surface area contributed by atoms with E-state index in [-0.39, 0.29) is 0 Å². The van der Waals surface area contributed by atoms with E-state index in [1.165, 1.54) is 42.4 Å². The van der Waals surface area contributed by atoms with Gasteiger partial charge in [0.15, 0.2) is 0 Å². The Hall–Kier alpha value is -0.860. The largest absolute Gasteiger partial charge is 0.329 e. The molecule has 1 heterocycles. The first-order valence-electron chi connectivity index (χ1n) is 6.85. The van der Waals surface area contributed by atoms with Gasteiger partial charge in [-0.15, -0.1) is 0 Å². The average Bonchev–Trinajstić information content (AvgIpc) is 2.95. The van der Waals surface area contributed by atoms with Gasteiger partial charge in [-0.3, -0.25) is 4.90 Å². The lowest BCUT2D eigenvalue weighted by atomic mass is 10.0. The SMILES string of the molecule is Cc1cccc2c1CN(C1CCCC1)C2CN. The molecule has 1 aromatic rings. The molecule has 1 saturated carbocycles. The summed E-state index contributed by atoms with van der Waals surface area (Å²) in [6.45, 7) is 4.10. The maximum atomic E-state index is 6.02. The second-order valence-electron chi connectivity index (χ2n) is 5.50. The van der Waals surface area contributed by atoms with Crippen LogP contribution < -0.4 is 5.73 Å². The Kier molecular flexibility index (Phi) is 2.93. The van der Waals surface area contributed by atoms with Crippen LogP contribution in [0.4, 0.5) is 0 Å². The van der Waals surface area contributed by atoms with Crippen molar-refractivity contribution in [3.8, 4) is 0 Å². The summed E-state index contributed by atoms with van der Waals surface area (Å²) in [5, 5.41) is 0. The van der Waals surface area contributed by atoms with Crippen molar-refractivity contribution in [3.63, 3.8) is 0 Å². The number of hydrogen-bond acceptors (Lipinski definition) is 2. The quantitative estimate of drug-likeness (QED) is 0.846. The predicted molar refractivity (Wildman–Crippen MR) is 70.8 cm³/mol. The lowest BCUT2D eigenvalue weighted by Crippen LogP contribution is -2.35. The highest BCUT2D eigenvalue weighted by atomic mass is 15.2. The van der Waals surface area contributed by atoms with E-state index in [9.17, 15) is 0 Å². The molecule has 2 nitrogen and oxygen atoms in total. The minimum atomic E-state index is 0.466. The van der Waals surface area contributed by atoms with Gasteiger partial charge in [0.05, 0.1) is 0 Å². The van der Waals surface area contributed by atoms with Crippen LogP contribution in [0.25, 0.3) is 0 Å². The third kappa shape index (κ3) is 1.80. The third-order valence-electron chi connectivity index (χ3n) is 4.56. The van der Waals surface area contributed by atoms with Crippen LogP contribution in [-0.2, 0) is 6.54 Å². The van der Waals surface area contributed by atoms with Crippen molar-refractivity contribution in [2.24, 2.45) is 5.73 Å². The Balaban J connectivity index is 1.93. The van der Waals surface area contributed by atoms with E-state index >= 15 is 0 Å². The zero-order chi connectivity index (χ0) is 11.8. The van der Waals surface area contributed by atoms with Gasteiger partial charge in [0.25, 0.3) is 0 Å². The van der Waals surface area contributed by atoms with Crippen LogP contribution in [0.2, 0.25) is 0 Å². The van der Waals surface area contributed by atoms with Gasteiger partial charge in [-0.05, 0) is 36.5 Å². The molecule has 0 radical (unpaired) electrons. The van der Waals surface area contributed by atoms with Crippen LogP contribution >= 0.6 is 0 Å². The Labute approximate surface area is 104 Å². The van der Waals surface area contributed by atoms with Crippen molar-refractivity contribution in [1.82, 2.24) is 4.90 Å². The molecule has 0 bridgehead atoms. The molecule has 2 aliphatic rings. The number of fused-ring (bicyclic) bond motifs is 1. The van der Waals surface area contributed by atoms with Gasteiger partial charge in [0.2, 0.25) is 0 Å². The van der Waals surface area contributed by atoms with Crippen LogP contribution in [0, 0.1) is 6.92 Å². The van der Waals surface area contributed by atoms with Gasteiger partial charge in [0.1, 0.15) is 0 Å². The second kappa shape index (κ2) is 4.43. The van der Waals surface area contributed by atoms with Gasteiger partial charge in [-0.1, -0.05) is 31.0 Å². The van der Waals surface area contributed by atoms with Crippen LogP contribution in [-0.4, -0.2) is 17.5 Å². The van der Waals surface area contributed by atoms with E-state index in [1.54, 1.807) is 0 Å². The third-order valence-corrected chi connectivity index (χ3v) is 4.56. The monoisotopic (exact) mass is 230 g/mol. The maximum absolute atomic E-state index is 6.02. The molecule has 0 amide bonds. The molecule has 1 aliphatic heterocycles. The van der Waals surface area contributed by atoms with Crippen LogP contribution in [0.3, 0.4) is 0 Å². The summed E-state index contributed by atoms with van der Waals surface area (Å²) in [4.78, 5) is 2.66. The zero-order valence-corrected chi connectivity index (χ0v) is 10.7. The van der Waals surface area contributed by atoms with Crippen molar-refractivity contribution in [2.45, 2.75) is 51.2 Å². The Bertz CT molecular complexity index is 407. The van der Waals surface area contributed by atoms with Gasteiger partial charge < -0.3 is 5.73 Å². The molecule has 1 aliphatic carbocycles. The maximum Gasteiger partial charge on any atom is 0.0480 e. The minimum Gasteiger partial charge on any atom is -0.329 e. The Morgan fingerprint density at radius 2 is 2.06 bits per heavy atom. The summed E-state index contributed by atoms with van der Waals surface area (Å²) < 4.78 is 0. The average molecular weight is 230 g/mol. The summed E-state index contributed by atoms with van der Waals surface area (Å²) in [6.07, 6.45) is 5.52. The fourth-order valence-electron chi connectivity index (χ4n) is 3.61. The van der Waals surface area contributed by atoms with Crippen molar-refractivity contribution >= 4 is 0 Å². The summed E-state index contributed by atoms with van der Waals surface area (Å²) in [5.41, 5.74) is 10.5. The highest BCUT2D eigenvalue weighted by molar-refractivity contribution is 5.40. The number of benzene rings is 1. The first-order chi connectivity index (χ1) is 8.31. The molecule has 2 N–H and O–H groups in total. The summed E-state index contributed by atoms with van der Waals surface area (Å²) in [7, 11) is 0. The normalized spacial score (nSPS) is 25.4. The molecule has 17 heavy (non-hydrogen) atoms. The van der Waals surface area contributed by atoms with Crippen LogP contribution in [0.15, 0.2) is 18.2 Å². The standard InChI is InChI=1S/C15H22N2/c1-11-5-4-8-13-14(11)10-17(15(13)9-16)12-6-2-3-7-12/h4-5,8,12,15H,2-3,6-7,9-10,16H2,1H3. The van der Waals surface area contributed by atoms with E-state index in [0.29, 0.717) is 6.04 Å². The van der Waals surface area contributed by atoms with E-state index < -0.39 is 0 Å². The molecule has 3 rings (SSSR count). The summed E-state index contributed by atoms with van der Waals surface area (Å²) >= 11 is 0. The van der Waals surface area contributed by atoms with E-state index in [1.807, 2.05) is 0 Å². The predicted octanol–water partition coefficient (Wildman–Crippen LogP) is 2.75. The van der Waals surface area contributed by atoms with Gasteiger partial charge in [-0.2, -0.15) is 0 Å². The number of nitrogens with two attached hydrogens (primary N) is 1. The summed E-state index contributed by atoms with van der Waals surface area (Å²) in [6, 6.07) is 7.91. The molecule has 0 spiro atoms. The zero-order valence-electron chi connectivity index (χ0n) is 10.7. The smallest absolute Gasteiger partial charge is 0.0480 e. The highest BCUT2D eigenvalue weighted by Gasteiger charge is 2.35. The first kappa shape index (κ1) is 11.2. The molecular weight excluding hydrogens is 208 g/mol. The Morgan fingerprint density at radius 1 is 1.29 bits per heavy atom. The van der Waals surface area contributed by atoms with Crippen LogP contribution in [0.5, 0.6) is 0 Å². The fourth-order valence-corrected chi connectivity index (χ4v) is 3.61. The van der Waals surface area contributed by atoms with E-state index in [2.05, 4.69) is 30.0 Å². The molecular formula is C15H22N2. The topological polar surface area (TPSA) is 29.3 Å². The van der Waals surface area contributed by atoms with Crippen molar-refractivity contribution < 1.29 is 0 Å². The fraction of sp³-hybridized carbons (Fsp3) is 0.600. The molecule has 2 heteroatoms. The number of aryl methyl sites for hydroxylation is 1. The van der Waals surface area contributed by atoms with Crippen LogP contribution in [0.1, 0.15) is 48.4 Å². The molecule has 1 aromatic carbocycles. The number of nitrogens with zero attached hydrogens (tertiary/aromatic N) is 1. The molecule has 0 saturated heterocycles. The van der Waals surface area contributed by atoms with Gasteiger partial charge in [-0.25, -0.2) is 0 Å². The van der Waals surface area contributed by atoms with Crippen molar-refractivity contribution in [3.05, 3.63) is 34.9 Å². The molecule has 1 fully saturated rings. The molecule has 1 unspecified atom stereocenters. The van der Waals surface area contributed by atoms with Gasteiger partial charge in [0, 0.05) is 25.2 Å². The lowest BCUT2D eigenvalue weighted by molar-refractivity contribution is 0.152. The minimum absolute atomic E-state index is 0.466. The molecule has 0 aromatic heterocycles. The van der Waals surface area contributed by atoms with Crippen molar-refractivity contribution in [1.29, 1.82) is 0 Å². The van der Waals surface area contributed by atoms with E-state index in [0.717, 1.165) is 19.1 Å². The van der Waals surface area contributed by atoms with Gasteiger partial charge >= 0.3 is 0 Å². The number of rotatable bonds is 2. The second-order valence-corrected chi connectivity index (χ2v) is 5.50. The number of hydrogen-bond donors (Lipinski definition) is 1. The molecule has 92 valence electrons. The van der Waals surface area contributed by atoms with Crippen molar-refractivity contribution in [2.75, 3.05) is 6.54 Å². The Morgan fingerprint density at radius 3 is 2.76 bits per heavy atom. The highest BCUT2D eigenvalue weighted by Crippen LogP contribution is 2.39. The summed E-state index contributed by atoms with van der Waals surface area (Å²) in [5.74, 6) is 0. The van der Waals surface area contributed by atoms with E-state index in [4.69, 9.17) is 5.73 Å². The lowest BCUT2D eigenvalue weighted by Gasteiger charge is -2.29. The molecule has 1 atom stereocenters. The first-order valence-corrected chi connectivity index (χ1v) is 6.85.